The Kier molecular flexibility index (Phi) is 5.55. The molecule has 2 aliphatic rings. The van der Waals surface area contributed by atoms with Crippen molar-refractivity contribution in [2.24, 2.45) is 0 Å². The Morgan fingerprint density at radius 3 is 2.53 bits per heavy atom. The van der Waals surface area contributed by atoms with Crippen LogP contribution in [-0.4, -0.2) is 40.1 Å². The minimum absolute atomic E-state index is 0.186. The van der Waals surface area contributed by atoms with E-state index in [1.54, 1.807) is 18.3 Å². The van der Waals surface area contributed by atoms with Crippen molar-refractivity contribution in [3.8, 4) is 11.4 Å². The van der Waals surface area contributed by atoms with Gasteiger partial charge >= 0.3 is 0 Å². The zero-order valence-corrected chi connectivity index (χ0v) is 18.6. The van der Waals surface area contributed by atoms with E-state index in [1.165, 1.54) is 0 Å². The van der Waals surface area contributed by atoms with E-state index >= 15 is 0 Å². The second-order valence-corrected chi connectivity index (χ2v) is 8.40. The molecule has 3 aromatic rings. The summed E-state index contributed by atoms with van der Waals surface area (Å²) in [6.45, 7) is 1.72. The molecule has 2 unspecified atom stereocenters. The van der Waals surface area contributed by atoms with Crippen LogP contribution in [0.3, 0.4) is 0 Å². The Balaban J connectivity index is 1.45. The van der Waals surface area contributed by atoms with Crippen molar-refractivity contribution in [2.45, 2.75) is 31.8 Å². The summed E-state index contributed by atoms with van der Waals surface area (Å²) in [7, 11) is 1.58. The number of methoxy groups -OCH3 is 1. The van der Waals surface area contributed by atoms with Crippen molar-refractivity contribution in [3.05, 3.63) is 82.9 Å². The maximum absolute atomic E-state index is 13.8. The first-order valence-corrected chi connectivity index (χ1v) is 10.8. The van der Waals surface area contributed by atoms with Crippen LogP contribution < -0.4 is 4.74 Å². The number of carbonyl (C=O) groups excluding carboxylic acids is 1. The molecule has 2 aliphatic heterocycles. The fourth-order valence-electron chi connectivity index (χ4n) is 4.70. The molecule has 2 atom stereocenters. The molecule has 6 nitrogen and oxygen atoms in total. The van der Waals surface area contributed by atoms with Gasteiger partial charge in [0.25, 0.3) is 5.91 Å². The van der Waals surface area contributed by atoms with Gasteiger partial charge in [-0.15, -0.1) is 0 Å². The van der Waals surface area contributed by atoms with Crippen LogP contribution in [0, 0.1) is 24.4 Å². The first kappa shape index (κ1) is 22.1. The summed E-state index contributed by atoms with van der Waals surface area (Å²) in [6, 6.07) is 6.64. The number of nitrogens with zero attached hydrogens (tertiary/aromatic N) is 3. The Bertz CT molecular complexity index is 1280. The molecule has 1 aromatic heterocycles. The highest BCUT2D eigenvalue weighted by molar-refractivity contribution is 5.81. The zero-order chi connectivity index (χ0) is 24.0. The molecule has 3 heterocycles. The Labute approximate surface area is 194 Å². The van der Waals surface area contributed by atoms with E-state index in [-0.39, 0.29) is 24.1 Å². The van der Waals surface area contributed by atoms with Gasteiger partial charge in [0, 0.05) is 6.20 Å². The highest BCUT2D eigenvalue weighted by atomic mass is 19.2. The van der Waals surface area contributed by atoms with Gasteiger partial charge in [-0.05, 0) is 61.2 Å². The number of benzene rings is 2. The molecule has 0 N–H and O–H groups in total. The van der Waals surface area contributed by atoms with E-state index in [1.807, 2.05) is 42.0 Å². The second-order valence-electron chi connectivity index (χ2n) is 8.40. The normalized spacial score (nSPS) is 21.0. The van der Waals surface area contributed by atoms with E-state index in [9.17, 15) is 18.0 Å². The Morgan fingerprint density at radius 2 is 1.85 bits per heavy atom. The molecular formula is C25H22F3N3O3. The predicted octanol–water partition coefficient (Wildman–Crippen LogP) is 4.71. The summed E-state index contributed by atoms with van der Waals surface area (Å²) in [5, 5.41) is 0. The van der Waals surface area contributed by atoms with Gasteiger partial charge in [-0.1, -0.05) is 6.07 Å². The van der Waals surface area contributed by atoms with E-state index in [0.717, 1.165) is 29.1 Å². The van der Waals surface area contributed by atoms with Crippen molar-refractivity contribution in [1.82, 2.24) is 14.5 Å². The molecule has 2 aromatic carbocycles. The van der Waals surface area contributed by atoms with Crippen molar-refractivity contribution in [2.75, 3.05) is 13.7 Å². The molecule has 34 heavy (non-hydrogen) atoms. The minimum Gasteiger partial charge on any atom is -0.495 e. The molecule has 9 heteroatoms. The molecule has 2 fully saturated rings. The highest BCUT2D eigenvalue weighted by Crippen LogP contribution is 2.42. The summed E-state index contributed by atoms with van der Waals surface area (Å²) < 4.78 is 54.3. The number of morpholine rings is 1. The van der Waals surface area contributed by atoms with Crippen molar-refractivity contribution < 1.29 is 27.4 Å². The van der Waals surface area contributed by atoms with Crippen LogP contribution in [0.4, 0.5) is 13.2 Å². The smallest absolute Gasteiger partial charge is 0.261 e. The van der Waals surface area contributed by atoms with Crippen molar-refractivity contribution in [3.63, 3.8) is 0 Å². The largest absolute Gasteiger partial charge is 0.495 e. The van der Waals surface area contributed by atoms with Gasteiger partial charge in [0.2, 0.25) is 0 Å². The number of ether oxygens (including phenoxy) is 2. The molecule has 0 aliphatic carbocycles. The van der Waals surface area contributed by atoms with Crippen molar-refractivity contribution in [1.29, 1.82) is 0 Å². The van der Waals surface area contributed by atoms with Gasteiger partial charge in [-0.3, -0.25) is 4.79 Å². The maximum atomic E-state index is 13.8. The number of imidazole rings is 1. The summed E-state index contributed by atoms with van der Waals surface area (Å²) in [4.78, 5) is 18.5. The summed E-state index contributed by atoms with van der Waals surface area (Å²) in [5.41, 5.74) is 2.75. The van der Waals surface area contributed by atoms with E-state index in [4.69, 9.17) is 9.47 Å². The highest BCUT2D eigenvalue weighted by Gasteiger charge is 2.43. The average molecular weight is 469 g/mol. The van der Waals surface area contributed by atoms with Gasteiger partial charge in [0.1, 0.15) is 11.5 Å². The van der Waals surface area contributed by atoms with Gasteiger partial charge in [-0.25, -0.2) is 18.2 Å². The van der Waals surface area contributed by atoms with Crippen LogP contribution in [-0.2, 0) is 9.53 Å². The van der Waals surface area contributed by atoms with E-state index < -0.39 is 23.5 Å². The first-order chi connectivity index (χ1) is 16.4. The molecule has 5 rings (SSSR count). The molecule has 0 radical (unpaired) electrons. The predicted molar refractivity (Wildman–Crippen MR) is 118 cm³/mol. The third-order valence-corrected chi connectivity index (χ3v) is 6.26. The lowest BCUT2D eigenvalue weighted by Gasteiger charge is -2.36. The van der Waals surface area contributed by atoms with Gasteiger partial charge in [0.15, 0.2) is 24.1 Å². The quantitative estimate of drug-likeness (QED) is 0.520. The van der Waals surface area contributed by atoms with Crippen LogP contribution in [0.5, 0.6) is 5.75 Å². The molecule has 176 valence electrons. The fourth-order valence-corrected chi connectivity index (χ4v) is 4.70. The molecule has 1 amide bonds. The molecular weight excluding hydrogens is 447 g/mol. The van der Waals surface area contributed by atoms with Gasteiger partial charge in [-0.2, -0.15) is 0 Å². The van der Waals surface area contributed by atoms with Crippen LogP contribution in [0.15, 0.2) is 48.6 Å². The monoisotopic (exact) mass is 469 g/mol. The standard InChI is InChI=1S/C25H22F3N3O3/c1-14-11-30(13-29-14)20-4-3-15(7-22(20)33-2)8-23-21-6-5-19(31(21)24(32)12-34-23)16-9-17(26)25(28)18(27)10-16/h3-4,7-11,13,19,21H,5-6,12H2,1-2H3. The molecule has 0 bridgehead atoms. The molecule has 0 saturated carbocycles. The lowest BCUT2D eigenvalue weighted by atomic mass is 10.0. The van der Waals surface area contributed by atoms with Crippen molar-refractivity contribution >= 4 is 12.0 Å². The van der Waals surface area contributed by atoms with E-state index in [0.29, 0.717) is 24.4 Å². The minimum atomic E-state index is -1.52. The number of fused-ring (bicyclic) bond motifs is 1. The number of carbonyl (C=O) groups is 1. The van der Waals surface area contributed by atoms with Crippen LogP contribution in [0.25, 0.3) is 11.8 Å². The van der Waals surface area contributed by atoms with Crippen LogP contribution in [0.2, 0.25) is 0 Å². The number of hydrogen-bond donors (Lipinski definition) is 0. The van der Waals surface area contributed by atoms with E-state index in [2.05, 4.69) is 4.98 Å². The van der Waals surface area contributed by atoms with Gasteiger partial charge < -0.3 is 18.9 Å². The summed E-state index contributed by atoms with van der Waals surface area (Å²) >= 11 is 0. The van der Waals surface area contributed by atoms with Crippen LogP contribution >= 0.6 is 0 Å². The topological polar surface area (TPSA) is 56.6 Å². The van der Waals surface area contributed by atoms with Gasteiger partial charge in [0.05, 0.1) is 36.9 Å². The zero-order valence-electron chi connectivity index (χ0n) is 18.6. The number of amides is 1. The SMILES string of the molecule is COc1cc(C=C2OCC(=O)N3C2CCC3c2cc(F)c(F)c(F)c2)ccc1-n1cnc(C)c1. The maximum Gasteiger partial charge on any atom is 0.261 e. The fraction of sp³-hybridized carbons (Fsp3) is 0.280. The van der Waals surface area contributed by atoms with Crippen LogP contribution in [0.1, 0.15) is 35.7 Å². The number of rotatable bonds is 4. The lowest BCUT2D eigenvalue weighted by Crippen LogP contribution is -2.45. The lowest BCUT2D eigenvalue weighted by molar-refractivity contribution is -0.143. The molecule has 2 saturated heterocycles. The Hall–Kier alpha value is -3.75. The number of aromatic nitrogens is 2. The second kappa shape index (κ2) is 8.55. The molecule has 0 spiro atoms. The third-order valence-electron chi connectivity index (χ3n) is 6.26. The average Bonchev–Trinajstić information content (AvgIpc) is 3.46. The summed E-state index contributed by atoms with van der Waals surface area (Å²) in [6.07, 6.45) is 6.46. The summed E-state index contributed by atoms with van der Waals surface area (Å²) in [5.74, 6) is -3.12. The number of hydrogen-bond acceptors (Lipinski definition) is 4. The third kappa shape index (κ3) is 3.81. The Morgan fingerprint density at radius 1 is 1.12 bits per heavy atom. The first-order valence-electron chi connectivity index (χ1n) is 10.8. The number of halogens is 3. The number of aryl methyl sites for hydroxylation is 1.